The van der Waals surface area contributed by atoms with Crippen LogP contribution < -0.4 is 0 Å². The topological polar surface area (TPSA) is 35.5 Å². The monoisotopic (exact) mass is 270 g/mol. The highest BCUT2D eigenvalue weighted by molar-refractivity contribution is 5.69. The summed E-state index contributed by atoms with van der Waals surface area (Å²) >= 11 is 0. The molecule has 0 saturated carbocycles. The van der Waals surface area contributed by atoms with Crippen LogP contribution in [0.4, 0.5) is 0 Å². The number of hydrogen-bond acceptors (Lipinski definition) is 3. The van der Waals surface area contributed by atoms with Gasteiger partial charge in [-0.15, -0.1) is 0 Å². The Bertz CT molecular complexity index is 222. The van der Waals surface area contributed by atoms with Gasteiger partial charge in [-0.2, -0.15) is 0 Å². The standard InChI is InChI=1S/C16H30O3/c1-2-3-4-5-6-12-16(17)19-13-8-7-10-15-11-9-14-18-15/h15H,2-14H2,1H3/t15-/m0/s1. The molecule has 0 amide bonds. The van der Waals surface area contributed by atoms with Gasteiger partial charge >= 0.3 is 5.97 Å². The van der Waals surface area contributed by atoms with Crippen LogP contribution in [0.25, 0.3) is 0 Å². The maximum absolute atomic E-state index is 11.4. The van der Waals surface area contributed by atoms with Crippen molar-refractivity contribution in [1.82, 2.24) is 0 Å². The van der Waals surface area contributed by atoms with E-state index in [-0.39, 0.29) is 5.97 Å². The van der Waals surface area contributed by atoms with Crippen LogP contribution in [0.3, 0.4) is 0 Å². The molecule has 1 fully saturated rings. The van der Waals surface area contributed by atoms with E-state index in [0.29, 0.717) is 19.1 Å². The highest BCUT2D eigenvalue weighted by Crippen LogP contribution is 2.17. The Morgan fingerprint density at radius 3 is 2.74 bits per heavy atom. The third-order valence-corrected chi connectivity index (χ3v) is 3.69. The third kappa shape index (κ3) is 9.04. The quantitative estimate of drug-likeness (QED) is 0.416. The van der Waals surface area contributed by atoms with Gasteiger partial charge in [0.05, 0.1) is 12.7 Å². The molecule has 0 aliphatic carbocycles. The number of carbonyl (C=O) groups excluding carboxylic acids is 1. The number of ether oxygens (including phenoxy) is 2. The molecular formula is C16H30O3. The fourth-order valence-electron chi connectivity index (χ4n) is 2.48. The number of unbranched alkanes of at least 4 members (excludes halogenated alkanes) is 5. The van der Waals surface area contributed by atoms with Gasteiger partial charge in [0.25, 0.3) is 0 Å². The summed E-state index contributed by atoms with van der Waals surface area (Å²) in [6.45, 7) is 3.71. The molecule has 112 valence electrons. The normalized spacial score (nSPS) is 18.7. The van der Waals surface area contributed by atoms with E-state index in [2.05, 4.69) is 6.92 Å². The number of carbonyl (C=O) groups is 1. The molecular weight excluding hydrogens is 240 g/mol. The van der Waals surface area contributed by atoms with Crippen molar-refractivity contribution in [1.29, 1.82) is 0 Å². The van der Waals surface area contributed by atoms with Gasteiger partial charge in [-0.05, 0) is 38.5 Å². The molecule has 0 radical (unpaired) electrons. The first-order chi connectivity index (χ1) is 9.33. The minimum absolute atomic E-state index is 0.0198. The first kappa shape index (κ1) is 16.5. The summed E-state index contributed by atoms with van der Waals surface area (Å²) in [6, 6.07) is 0. The molecule has 1 aliphatic heterocycles. The molecule has 0 aromatic carbocycles. The molecule has 3 heteroatoms. The summed E-state index contributed by atoms with van der Waals surface area (Å²) in [5.41, 5.74) is 0. The summed E-state index contributed by atoms with van der Waals surface area (Å²) in [4.78, 5) is 11.4. The number of hydrogen-bond donors (Lipinski definition) is 0. The van der Waals surface area contributed by atoms with Crippen molar-refractivity contribution in [2.45, 2.75) is 83.7 Å². The minimum atomic E-state index is -0.0198. The second-order valence-corrected chi connectivity index (χ2v) is 5.52. The van der Waals surface area contributed by atoms with Gasteiger partial charge in [0.15, 0.2) is 0 Å². The Labute approximate surface area is 118 Å². The van der Waals surface area contributed by atoms with E-state index in [1.807, 2.05) is 0 Å². The van der Waals surface area contributed by atoms with Crippen molar-refractivity contribution in [3.63, 3.8) is 0 Å². The highest BCUT2D eigenvalue weighted by Gasteiger charge is 2.14. The zero-order valence-electron chi connectivity index (χ0n) is 12.5. The molecule has 19 heavy (non-hydrogen) atoms. The summed E-state index contributed by atoms with van der Waals surface area (Å²) < 4.78 is 10.8. The molecule has 0 aromatic rings. The molecule has 0 spiro atoms. The van der Waals surface area contributed by atoms with Crippen molar-refractivity contribution < 1.29 is 14.3 Å². The lowest BCUT2D eigenvalue weighted by atomic mass is 10.1. The van der Waals surface area contributed by atoms with E-state index in [4.69, 9.17) is 9.47 Å². The second kappa shape index (κ2) is 11.3. The molecule has 1 rings (SSSR count). The zero-order chi connectivity index (χ0) is 13.8. The fourth-order valence-corrected chi connectivity index (χ4v) is 2.48. The first-order valence-electron chi connectivity index (χ1n) is 8.10. The molecule has 0 aromatic heterocycles. The fraction of sp³-hybridized carbons (Fsp3) is 0.938. The van der Waals surface area contributed by atoms with Crippen LogP contribution in [0.2, 0.25) is 0 Å². The van der Waals surface area contributed by atoms with Crippen LogP contribution in [0, 0.1) is 0 Å². The predicted octanol–water partition coefficient (Wildman–Crippen LogP) is 4.24. The second-order valence-electron chi connectivity index (χ2n) is 5.52. The van der Waals surface area contributed by atoms with Gasteiger partial charge in [0.2, 0.25) is 0 Å². The van der Waals surface area contributed by atoms with Crippen molar-refractivity contribution in [3.05, 3.63) is 0 Å². The molecule has 3 nitrogen and oxygen atoms in total. The van der Waals surface area contributed by atoms with Crippen LogP contribution >= 0.6 is 0 Å². The van der Waals surface area contributed by atoms with Crippen molar-refractivity contribution in [2.75, 3.05) is 13.2 Å². The number of esters is 1. The average Bonchev–Trinajstić information content (AvgIpc) is 2.91. The van der Waals surface area contributed by atoms with E-state index < -0.39 is 0 Å². The zero-order valence-corrected chi connectivity index (χ0v) is 12.5. The van der Waals surface area contributed by atoms with Crippen LogP contribution in [0.1, 0.15) is 77.6 Å². The summed E-state index contributed by atoms with van der Waals surface area (Å²) in [5.74, 6) is -0.0198. The van der Waals surface area contributed by atoms with E-state index in [1.165, 1.54) is 32.1 Å². The smallest absolute Gasteiger partial charge is 0.305 e. The lowest BCUT2D eigenvalue weighted by molar-refractivity contribution is -0.143. The van der Waals surface area contributed by atoms with E-state index >= 15 is 0 Å². The van der Waals surface area contributed by atoms with E-state index in [9.17, 15) is 4.79 Å². The third-order valence-electron chi connectivity index (χ3n) is 3.69. The van der Waals surface area contributed by atoms with Crippen LogP contribution in [0.5, 0.6) is 0 Å². The van der Waals surface area contributed by atoms with Crippen LogP contribution in [-0.2, 0) is 14.3 Å². The lowest BCUT2D eigenvalue weighted by Crippen LogP contribution is -2.08. The molecule has 0 bridgehead atoms. The molecule has 1 heterocycles. The van der Waals surface area contributed by atoms with E-state index in [0.717, 1.165) is 38.7 Å². The maximum Gasteiger partial charge on any atom is 0.305 e. The summed E-state index contributed by atoms with van der Waals surface area (Å²) in [5, 5.41) is 0. The number of rotatable bonds is 11. The largest absolute Gasteiger partial charge is 0.466 e. The van der Waals surface area contributed by atoms with Gasteiger partial charge in [-0.1, -0.05) is 32.6 Å². The lowest BCUT2D eigenvalue weighted by Gasteiger charge is -2.09. The van der Waals surface area contributed by atoms with Gasteiger partial charge in [0.1, 0.15) is 0 Å². The maximum atomic E-state index is 11.4. The van der Waals surface area contributed by atoms with Crippen LogP contribution in [0.15, 0.2) is 0 Å². The minimum Gasteiger partial charge on any atom is -0.466 e. The summed E-state index contributed by atoms with van der Waals surface area (Å²) in [6.07, 6.45) is 12.6. The SMILES string of the molecule is CCCCCCCC(=O)OCCCC[C@H]1CCCO1. The van der Waals surface area contributed by atoms with Crippen molar-refractivity contribution >= 4 is 5.97 Å². The average molecular weight is 270 g/mol. The highest BCUT2D eigenvalue weighted by atomic mass is 16.5. The molecule has 1 saturated heterocycles. The van der Waals surface area contributed by atoms with Gasteiger partial charge in [0, 0.05) is 13.0 Å². The molecule has 0 unspecified atom stereocenters. The Morgan fingerprint density at radius 2 is 2.00 bits per heavy atom. The molecule has 1 atom stereocenters. The van der Waals surface area contributed by atoms with Crippen LogP contribution in [-0.4, -0.2) is 25.3 Å². The van der Waals surface area contributed by atoms with Gasteiger partial charge in [-0.3, -0.25) is 4.79 Å². The van der Waals surface area contributed by atoms with E-state index in [1.54, 1.807) is 0 Å². The Hall–Kier alpha value is -0.570. The predicted molar refractivity (Wildman–Crippen MR) is 77.2 cm³/mol. The van der Waals surface area contributed by atoms with Gasteiger partial charge < -0.3 is 9.47 Å². The molecule has 1 aliphatic rings. The Morgan fingerprint density at radius 1 is 1.16 bits per heavy atom. The Kier molecular flexibility index (Phi) is 9.78. The summed E-state index contributed by atoms with van der Waals surface area (Å²) in [7, 11) is 0. The first-order valence-corrected chi connectivity index (χ1v) is 8.10. The van der Waals surface area contributed by atoms with Crippen molar-refractivity contribution in [3.8, 4) is 0 Å². The van der Waals surface area contributed by atoms with Gasteiger partial charge in [-0.25, -0.2) is 0 Å². The Balaban J connectivity index is 1.81. The van der Waals surface area contributed by atoms with Crippen molar-refractivity contribution in [2.24, 2.45) is 0 Å². The molecule has 0 N–H and O–H groups in total.